The van der Waals surface area contributed by atoms with E-state index in [1.54, 1.807) is 17.7 Å². The van der Waals surface area contributed by atoms with E-state index in [0.717, 1.165) is 22.5 Å². The molecule has 1 atom stereocenters. The summed E-state index contributed by atoms with van der Waals surface area (Å²) in [7, 11) is 0. The minimum atomic E-state index is -0.0578. The molecule has 102 valence electrons. The number of fused-ring (bicyclic) bond motifs is 1. The lowest BCUT2D eigenvalue weighted by Gasteiger charge is -2.17. The standard InChI is InChI=1S/C15H15N3OS/c19-9-12(8-11-4-2-1-3-5-11)18-15-14-13(6-7-20-14)16-10-17-15/h1-7,10,12,19H,8-9H2,(H,16,17,18). The Labute approximate surface area is 121 Å². The monoisotopic (exact) mass is 285 g/mol. The predicted octanol–water partition coefficient (Wildman–Crippen LogP) is 2.71. The van der Waals surface area contributed by atoms with E-state index in [1.165, 1.54) is 5.56 Å². The number of hydrogen-bond donors (Lipinski definition) is 2. The number of thiophene rings is 1. The summed E-state index contributed by atoms with van der Waals surface area (Å²) >= 11 is 1.60. The second kappa shape index (κ2) is 5.98. The van der Waals surface area contributed by atoms with Gasteiger partial charge in [-0.1, -0.05) is 30.3 Å². The molecule has 0 fully saturated rings. The molecule has 2 N–H and O–H groups in total. The van der Waals surface area contributed by atoms with Gasteiger partial charge in [-0.3, -0.25) is 0 Å². The molecule has 3 aromatic rings. The predicted molar refractivity (Wildman–Crippen MR) is 82.1 cm³/mol. The fourth-order valence-corrected chi connectivity index (χ4v) is 2.94. The number of hydrogen-bond acceptors (Lipinski definition) is 5. The highest BCUT2D eigenvalue weighted by Crippen LogP contribution is 2.25. The van der Waals surface area contributed by atoms with E-state index >= 15 is 0 Å². The number of nitrogens with zero attached hydrogens (tertiary/aromatic N) is 2. The summed E-state index contributed by atoms with van der Waals surface area (Å²) in [5.41, 5.74) is 2.12. The molecule has 1 aromatic carbocycles. The van der Waals surface area contributed by atoms with Crippen LogP contribution in [0.3, 0.4) is 0 Å². The van der Waals surface area contributed by atoms with E-state index in [1.807, 2.05) is 29.6 Å². The molecule has 0 amide bonds. The average Bonchev–Trinajstić information content (AvgIpc) is 2.97. The molecule has 0 aliphatic heterocycles. The number of benzene rings is 1. The molecule has 20 heavy (non-hydrogen) atoms. The first-order valence-corrected chi connectivity index (χ1v) is 7.34. The Balaban J connectivity index is 1.79. The highest BCUT2D eigenvalue weighted by Gasteiger charge is 2.12. The third kappa shape index (κ3) is 2.79. The topological polar surface area (TPSA) is 58.0 Å². The van der Waals surface area contributed by atoms with Crippen LogP contribution in [0.15, 0.2) is 48.1 Å². The Hall–Kier alpha value is -1.98. The van der Waals surface area contributed by atoms with E-state index in [0.29, 0.717) is 0 Å². The molecule has 0 radical (unpaired) electrons. The lowest BCUT2D eigenvalue weighted by Crippen LogP contribution is -2.26. The van der Waals surface area contributed by atoms with Crippen molar-refractivity contribution in [3.05, 3.63) is 53.7 Å². The smallest absolute Gasteiger partial charge is 0.147 e. The summed E-state index contributed by atoms with van der Waals surface area (Å²) in [6.07, 6.45) is 2.31. The highest BCUT2D eigenvalue weighted by atomic mass is 32.1. The Bertz CT molecular complexity index is 684. The minimum absolute atomic E-state index is 0.0578. The fourth-order valence-electron chi connectivity index (χ4n) is 2.14. The Morgan fingerprint density at radius 1 is 1.15 bits per heavy atom. The molecule has 0 spiro atoms. The van der Waals surface area contributed by atoms with Gasteiger partial charge in [0.1, 0.15) is 12.1 Å². The second-order valence-electron chi connectivity index (χ2n) is 4.57. The summed E-state index contributed by atoms with van der Waals surface area (Å²) in [4.78, 5) is 8.50. The van der Waals surface area contributed by atoms with Crippen LogP contribution in [0.4, 0.5) is 5.82 Å². The Morgan fingerprint density at radius 2 is 2.00 bits per heavy atom. The van der Waals surface area contributed by atoms with Gasteiger partial charge in [0.2, 0.25) is 0 Å². The van der Waals surface area contributed by atoms with E-state index < -0.39 is 0 Å². The highest BCUT2D eigenvalue weighted by molar-refractivity contribution is 7.17. The molecular weight excluding hydrogens is 270 g/mol. The third-order valence-corrected chi connectivity index (χ3v) is 4.04. The Morgan fingerprint density at radius 3 is 2.80 bits per heavy atom. The van der Waals surface area contributed by atoms with Crippen molar-refractivity contribution in [3.63, 3.8) is 0 Å². The van der Waals surface area contributed by atoms with E-state index in [9.17, 15) is 5.11 Å². The SMILES string of the molecule is OCC(Cc1ccccc1)Nc1ncnc2ccsc12. The fraction of sp³-hybridized carbons (Fsp3) is 0.200. The van der Waals surface area contributed by atoms with Crippen LogP contribution in [0.2, 0.25) is 0 Å². The van der Waals surface area contributed by atoms with Gasteiger partial charge in [-0.25, -0.2) is 9.97 Å². The molecule has 3 rings (SSSR count). The summed E-state index contributed by atoms with van der Waals surface area (Å²) in [5.74, 6) is 0.792. The van der Waals surface area contributed by atoms with Crippen LogP contribution in [0.1, 0.15) is 5.56 Å². The molecule has 0 saturated heterocycles. The van der Waals surface area contributed by atoms with Crippen molar-refractivity contribution in [1.82, 2.24) is 9.97 Å². The molecule has 5 heteroatoms. The molecule has 0 bridgehead atoms. The molecule has 0 aliphatic rings. The van der Waals surface area contributed by atoms with E-state index in [2.05, 4.69) is 27.4 Å². The molecule has 4 nitrogen and oxygen atoms in total. The van der Waals surface area contributed by atoms with Gasteiger partial charge >= 0.3 is 0 Å². The average molecular weight is 285 g/mol. The zero-order valence-corrected chi connectivity index (χ0v) is 11.7. The maximum absolute atomic E-state index is 9.57. The zero-order valence-electron chi connectivity index (χ0n) is 10.9. The van der Waals surface area contributed by atoms with E-state index in [4.69, 9.17) is 0 Å². The lowest BCUT2D eigenvalue weighted by molar-refractivity contribution is 0.273. The van der Waals surface area contributed by atoms with Crippen molar-refractivity contribution >= 4 is 27.4 Å². The first kappa shape index (κ1) is 13.0. The molecule has 2 heterocycles. The van der Waals surface area contributed by atoms with Crippen LogP contribution < -0.4 is 5.32 Å². The van der Waals surface area contributed by atoms with Gasteiger partial charge in [-0.05, 0) is 23.4 Å². The van der Waals surface area contributed by atoms with Crippen molar-refractivity contribution in [2.45, 2.75) is 12.5 Å². The molecule has 1 unspecified atom stereocenters. The largest absolute Gasteiger partial charge is 0.394 e. The summed E-state index contributed by atoms with van der Waals surface area (Å²) < 4.78 is 1.03. The minimum Gasteiger partial charge on any atom is -0.394 e. The van der Waals surface area contributed by atoms with Gasteiger partial charge in [0.25, 0.3) is 0 Å². The van der Waals surface area contributed by atoms with Gasteiger partial charge in [-0.2, -0.15) is 0 Å². The van der Waals surface area contributed by atoms with Crippen LogP contribution in [0, 0.1) is 0 Å². The first-order chi connectivity index (χ1) is 9.86. The van der Waals surface area contributed by atoms with E-state index in [-0.39, 0.29) is 12.6 Å². The quantitative estimate of drug-likeness (QED) is 0.757. The van der Waals surface area contributed by atoms with Gasteiger partial charge in [0.15, 0.2) is 0 Å². The van der Waals surface area contributed by atoms with Gasteiger partial charge in [-0.15, -0.1) is 11.3 Å². The maximum atomic E-state index is 9.57. The number of anilines is 1. The molecular formula is C15H15N3OS. The van der Waals surface area contributed by atoms with Crippen LogP contribution in [0.5, 0.6) is 0 Å². The second-order valence-corrected chi connectivity index (χ2v) is 5.49. The number of aromatic nitrogens is 2. The van der Waals surface area contributed by atoms with Crippen LogP contribution in [0.25, 0.3) is 10.2 Å². The third-order valence-electron chi connectivity index (χ3n) is 3.13. The van der Waals surface area contributed by atoms with Crippen molar-refractivity contribution in [1.29, 1.82) is 0 Å². The maximum Gasteiger partial charge on any atom is 0.147 e. The normalized spacial score (nSPS) is 12.4. The van der Waals surface area contributed by atoms with Crippen LogP contribution >= 0.6 is 11.3 Å². The van der Waals surface area contributed by atoms with Gasteiger partial charge < -0.3 is 10.4 Å². The van der Waals surface area contributed by atoms with Crippen LogP contribution in [-0.4, -0.2) is 27.7 Å². The van der Waals surface area contributed by atoms with Crippen molar-refractivity contribution < 1.29 is 5.11 Å². The Kier molecular flexibility index (Phi) is 3.90. The number of nitrogens with one attached hydrogen (secondary N) is 1. The number of aliphatic hydroxyl groups excluding tert-OH is 1. The number of rotatable bonds is 5. The molecule has 2 aromatic heterocycles. The van der Waals surface area contributed by atoms with Gasteiger partial charge in [0, 0.05) is 0 Å². The van der Waals surface area contributed by atoms with Gasteiger partial charge in [0.05, 0.1) is 22.9 Å². The van der Waals surface area contributed by atoms with Crippen LogP contribution in [-0.2, 0) is 6.42 Å². The molecule has 0 saturated carbocycles. The first-order valence-electron chi connectivity index (χ1n) is 6.46. The van der Waals surface area contributed by atoms with Crippen molar-refractivity contribution in [2.75, 3.05) is 11.9 Å². The lowest BCUT2D eigenvalue weighted by atomic mass is 10.1. The summed E-state index contributed by atoms with van der Waals surface area (Å²) in [6.45, 7) is 0.0613. The summed E-state index contributed by atoms with van der Waals surface area (Å²) in [6, 6.07) is 12.0. The summed E-state index contributed by atoms with van der Waals surface area (Å²) in [5, 5.41) is 14.9. The molecule has 0 aliphatic carbocycles. The zero-order chi connectivity index (χ0) is 13.8. The number of aliphatic hydroxyl groups is 1. The van der Waals surface area contributed by atoms with Crippen molar-refractivity contribution in [3.8, 4) is 0 Å². The van der Waals surface area contributed by atoms with Crippen molar-refractivity contribution in [2.24, 2.45) is 0 Å².